The number of benzene rings is 1. The molecule has 0 spiro atoms. The number of H-pyrrole nitrogens is 1. The predicted octanol–water partition coefficient (Wildman–Crippen LogP) is 1.77. The van der Waals surface area contributed by atoms with Gasteiger partial charge in [-0.1, -0.05) is 20.8 Å². The number of amides is 1. The second-order valence-electron chi connectivity index (χ2n) is 6.12. The minimum Gasteiger partial charge on any atom is -0.383 e. The molecule has 6 nitrogen and oxygen atoms in total. The Hall–Kier alpha value is -1.92. The lowest BCUT2D eigenvalue weighted by Gasteiger charge is -2.13. The number of nitrogens with one attached hydrogen (secondary N) is 2. The number of imidazole rings is 1. The Bertz CT molecular complexity index is 643. The highest BCUT2D eigenvalue weighted by Gasteiger charge is 2.18. The van der Waals surface area contributed by atoms with Crippen molar-refractivity contribution in [3.63, 3.8) is 0 Å². The smallest absolute Gasteiger partial charge is 0.243 e. The van der Waals surface area contributed by atoms with Crippen molar-refractivity contribution in [1.82, 2.24) is 9.97 Å². The molecule has 0 aliphatic heterocycles. The third-order valence-electron chi connectivity index (χ3n) is 3.14. The highest BCUT2D eigenvalue weighted by Crippen LogP contribution is 2.24. The number of aromatic nitrogens is 2. The summed E-state index contributed by atoms with van der Waals surface area (Å²) in [4.78, 5) is 19.7. The van der Waals surface area contributed by atoms with Crippen LogP contribution in [0.1, 0.15) is 26.6 Å². The van der Waals surface area contributed by atoms with Gasteiger partial charge in [0.05, 0.1) is 17.6 Å². The van der Waals surface area contributed by atoms with Crippen LogP contribution >= 0.6 is 0 Å². The molecule has 114 valence electrons. The predicted molar refractivity (Wildman–Crippen MR) is 83.3 cm³/mol. The molecule has 1 aromatic heterocycles. The number of hydrogen-bond donors (Lipinski definition) is 3. The number of nitrogens with zero attached hydrogens (tertiary/aromatic N) is 1. The zero-order valence-electron chi connectivity index (χ0n) is 12.9. The Morgan fingerprint density at radius 2 is 2.19 bits per heavy atom. The van der Waals surface area contributed by atoms with Gasteiger partial charge in [-0.15, -0.1) is 0 Å². The Morgan fingerprint density at radius 1 is 1.48 bits per heavy atom. The molecule has 0 aliphatic carbocycles. The molecule has 6 heteroatoms. The first-order valence-corrected chi connectivity index (χ1v) is 6.87. The van der Waals surface area contributed by atoms with Crippen molar-refractivity contribution < 1.29 is 9.53 Å². The maximum atomic E-state index is 11.9. The summed E-state index contributed by atoms with van der Waals surface area (Å²) in [6.07, 6.45) is 0. The largest absolute Gasteiger partial charge is 0.383 e. The topological polar surface area (TPSA) is 93.0 Å². The normalized spacial score (nSPS) is 13.4. The number of anilines is 1. The second-order valence-corrected chi connectivity index (χ2v) is 6.12. The van der Waals surface area contributed by atoms with E-state index in [0.717, 1.165) is 16.9 Å². The standard InChI is InChI=1S/C15H22N4O2/c1-15(2,3)14-18-11-6-5-9(7-12(11)19-14)17-13(20)10(16)8-21-4/h5-7,10H,8,16H2,1-4H3,(H,17,20)(H,18,19). The monoisotopic (exact) mass is 290 g/mol. The van der Waals surface area contributed by atoms with Crippen LogP contribution < -0.4 is 11.1 Å². The summed E-state index contributed by atoms with van der Waals surface area (Å²) < 4.78 is 4.87. The summed E-state index contributed by atoms with van der Waals surface area (Å²) in [5.41, 5.74) is 8.08. The minimum atomic E-state index is -0.683. The van der Waals surface area contributed by atoms with Gasteiger partial charge in [0.2, 0.25) is 5.91 Å². The molecule has 2 rings (SSSR count). The van der Waals surface area contributed by atoms with Crippen molar-refractivity contribution >= 4 is 22.6 Å². The van der Waals surface area contributed by atoms with Crippen LogP contribution in [-0.4, -0.2) is 35.6 Å². The van der Waals surface area contributed by atoms with E-state index < -0.39 is 6.04 Å². The molecule has 0 fully saturated rings. The maximum Gasteiger partial charge on any atom is 0.243 e. The first-order chi connectivity index (χ1) is 9.81. The number of carbonyl (C=O) groups excluding carboxylic acids is 1. The van der Waals surface area contributed by atoms with E-state index in [1.165, 1.54) is 7.11 Å². The highest BCUT2D eigenvalue weighted by atomic mass is 16.5. The lowest BCUT2D eigenvalue weighted by molar-refractivity contribution is -0.118. The molecule has 0 bridgehead atoms. The van der Waals surface area contributed by atoms with E-state index in [2.05, 4.69) is 36.1 Å². The molecule has 0 aliphatic rings. The van der Waals surface area contributed by atoms with Crippen LogP contribution in [0.15, 0.2) is 18.2 Å². The van der Waals surface area contributed by atoms with E-state index in [4.69, 9.17) is 10.5 Å². The Balaban J connectivity index is 2.21. The summed E-state index contributed by atoms with van der Waals surface area (Å²) in [5, 5.41) is 2.77. The Labute approximate surface area is 124 Å². The van der Waals surface area contributed by atoms with Crippen LogP contribution in [0.5, 0.6) is 0 Å². The van der Waals surface area contributed by atoms with Crippen LogP contribution in [0.2, 0.25) is 0 Å². The number of carbonyl (C=O) groups is 1. The quantitative estimate of drug-likeness (QED) is 0.800. The molecular weight excluding hydrogens is 268 g/mol. The third kappa shape index (κ3) is 3.59. The van der Waals surface area contributed by atoms with Crippen molar-refractivity contribution in [3.05, 3.63) is 24.0 Å². The molecule has 0 saturated carbocycles. The molecular formula is C15H22N4O2. The number of hydrogen-bond acceptors (Lipinski definition) is 4. The van der Waals surface area contributed by atoms with E-state index in [1.54, 1.807) is 0 Å². The van der Waals surface area contributed by atoms with Crippen molar-refractivity contribution in [2.75, 3.05) is 19.0 Å². The van der Waals surface area contributed by atoms with E-state index in [9.17, 15) is 4.79 Å². The molecule has 1 atom stereocenters. The molecule has 2 aromatic rings. The molecule has 1 unspecified atom stereocenters. The molecule has 21 heavy (non-hydrogen) atoms. The van der Waals surface area contributed by atoms with Gasteiger partial charge in [0.25, 0.3) is 0 Å². The molecule has 0 saturated heterocycles. The van der Waals surface area contributed by atoms with Gasteiger partial charge < -0.3 is 20.8 Å². The number of fused-ring (bicyclic) bond motifs is 1. The highest BCUT2D eigenvalue weighted by molar-refractivity contribution is 5.96. The molecule has 0 radical (unpaired) electrons. The van der Waals surface area contributed by atoms with Gasteiger partial charge in [-0.2, -0.15) is 0 Å². The summed E-state index contributed by atoms with van der Waals surface area (Å²) in [7, 11) is 1.51. The Morgan fingerprint density at radius 3 is 2.81 bits per heavy atom. The lowest BCUT2D eigenvalue weighted by atomic mass is 9.96. The number of ether oxygens (including phenoxy) is 1. The van der Waals surface area contributed by atoms with Gasteiger partial charge in [-0.25, -0.2) is 4.98 Å². The first kappa shape index (κ1) is 15.5. The van der Waals surface area contributed by atoms with E-state index >= 15 is 0 Å². The van der Waals surface area contributed by atoms with Crippen molar-refractivity contribution in [2.45, 2.75) is 32.2 Å². The fraction of sp³-hybridized carbons (Fsp3) is 0.467. The average Bonchev–Trinajstić information content (AvgIpc) is 2.82. The zero-order chi connectivity index (χ0) is 15.6. The van der Waals surface area contributed by atoms with Crippen molar-refractivity contribution in [2.24, 2.45) is 5.73 Å². The molecule has 4 N–H and O–H groups in total. The number of nitrogens with two attached hydrogens (primary N) is 1. The summed E-state index contributed by atoms with van der Waals surface area (Å²) >= 11 is 0. The van der Waals surface area contributed by atoms with Gasteiger partial charge in [-0.05, 0) is 18.2 Å². The SMILES string of the molecule is COCC(N)C(=O)Nc1ccc2nc(C(C)(C)C)[nH]c2c1. The van der Waals surface area contributed by atoms with Crippen LogP contribution in [0.3, 0.4) is 0 Å². The molecule has 1 amide bonds. The van der Waals surface area contributed by atoms with E-state index in [-0.39, 0.29) is 17.9 Å². The maximum absolute atomic E-state index is 11.9. The number of aromatic amines is 1. The zero-order valence-corrected chi connectivity index (χ0v) is 12.9. The van der Waals surface area contributed by atoms with Gasteiger partial charge in [0, 0.05) is 18.2 Å². The molecule has 1 heterocycles. The second kappa shape index (κ2) is 5.83. The summed E-state index contributed by atoms with van der Waals surface area (Å²) in [6, 6.07) is 4.86. The summed E-state index contributed by atoms with van der Waals surface area (Å²) in [5.74, 6) is 0.642. The number of rotatable bonds is 4. The Kier molecular flexibility index (Phi) is 4.29. The first-order valence-electron chi connectivity index (χ1n) is 6.87. The number of methoxy groups -OCH3 is 1. The third-order valence-corrected chi connectivity index (χ3v) is 3.14. The summed E-state index contributed by atoms with van der Waals surface area (Å²) in [6.45, 7) is 6.47. The van der Waals surface area contributed by atoms with Crippen molar-refractivity contribution in [1.29, 1.82) is 0 Å². The van der Waals surface area contributed by atoms with Crippen molar-refractivity contribution in [3.8, 4) is 0 Å². The minimum absolute atomic E-state index is 0.0523. The van der Waals surface area contributed by atoms with E-state index in [0.29, 0.717) is 5.69 Å². The van der Waals surface area contributed by atoms with Gasteiger partial charge in [-0.3, -0.25) is 4.79 Å². The van der Waals surface area contributed by atoms with Gasteiger partial charge in [0.1, 0.15) is 11.9 Å². The van der Waals surface area contributed by atoms with Crippen LogP contribution in [0, 0.1) is 0 Å². The van der Waals surface area contributed by atoms with Gasteiger partial charge in [0.15, 0.2) is 0 Å². The van der Waals surface area contributed by atoms with Crippen LogP contribution in [-0.2, 0) is 14.9 Å². The lowest BCUT2D eigenvalue weighted by Crippen LogP contribution is -2.39. The van der Waals surface area contributed by atoms with Crippen LogP contribution in [0.4, 0.5) is 5.69 Å². The van der Waals surface area contributed by atoms with Gasteiger partial charge >= 0.3 is 0 Å². The molecule has 1 aromatic carbocycles. The fourth-order valence-electron chi connectivity index (χ4n) is 1.93. The fourth-order valence-corrected chi connectivity index (χ4v) is 1.93. The van der Waals surface area contributed by atoms with E-state index in [1.807, 2.05) is 18.2 Å². The average molecular weight is 290 g/mol. The van der Waals surface area contributed by atoms with Crippen LogP contribution in [0.25, 0.3) is 11.0 Å².